The van der Waals surface area contributed by atoms with Gasteiger partial charge in [0, 0.05) is 38.3 Å². The summed E-state index contributed by atoms with van der Waals surface area (Å²) in [5, 5.41) is 2.67. The lowest BCUT2D eigenvalue weighted by Gasteiger charge is -2.24. The molecule has 0 aromatic carbocycles. The van der Waals surface area contributed by atoms with Gasteiger partial charge in [-0.3, -0.25) is 19.2 Å². The second kappa shape index (κ2) is 7.61. The summed E-state index contributed by atoms with van der Waals surface area (Å²) < 4.78 is 0. The van der Waals surface area contributed by atoms with Crippen LogP contribution in [0.15, 0.2) is 0 Å². The first-order chi connectivity index (χ1) is 9.85. The minimum atomic E-state index is -0.590. The lowest BCUT2D eigenvalue weighted by atomic mass is 10.1. The molecule has 1 aliphatic heterocycles. The molecule has 0 bridgehead atoms. The third-order valence-electron chi connectivity index (χ3n) is 3.52. The van der Waals surface area contributed by atoms with Crippen LogP contribution in [0.3, 0.4) is 0 Å². The van der Waals surface area contributed by atoms with E-state index in [9.17, 15) is 19.2 Å². The van der Waals surface area contributed by atoms with Gasteiger partial charge in [0.05, 0.1) is 0 Å². The zero-order chi connectivity index (χ0) is 16.0. The van der Waals surface area contributed by atoms with E-state index < -0.39 is 17.9 Å². The highest BCUT2D eigenvalue weighted by atomic mass is 16.2. The largest absolute Gasteiger partial charge is 0.370 e. The Morgan fingerprint density at radius 1 is 1.33 bits per heavy atom. The number of carbonyl (C=O) groups excluding carboxylic acids is 4. The second-order valence-electron chi connectivity index (χ2n) is 5.21. The van der Waals surface area contributed by atoms with Crippen molar-refractivity contribution in [2.45, 2.75) is 38.6 Å². The van der Waals surface area contributed by atoms with Gasteiger partial charge in [0.1, 0.15) is 6.04 Å². The van der Waals surface area contributed by atoms with Gasteiger partial charge in [0.15, 0.2) is 0 Å². The summed E-state index contributed by atoms with van der Waals surface area (Å²) in [6.07, 6.45) is 0.790. The molecule has 4 amide bonds. The molecule has 1 aliphatic rings. The number of hydrogen-bond donors (Lipinski definition) is 3. The van der Waals surface area contributed by atoms with Crippen LogP contribution in [0.25, 0.3) is 0 Å². The second-order valence-corrected chi connectivity index (χ2v) is 5.21. The van der Waals surface area contributed by atoms with Crippen molar-refractivity contribution in [3.63, 3.8) is 0 Å². The number of nitrogens with zero attached hydrogens (tertiary/aromatic N) is 1. The van der Waals surface area contributed by atoms with Crippen LogP contribution in [0.1, 0.15) is 32.6 Å². The fraction of sp³-hybridized carbons (Fsp3) is 0.692. The molecule has 0 radical (unpaired) electrons. The summed E-state index contributed by atoms with van der Waals surface area (Å²) >= 11 is 0. The molecule has 118 valence electrons. The van der Waals surface area contributed by atoms with Gasteiger partial charge in [0.25, 0.3) is 0 Å². The van der Waals surface area contributed by atoms with Gasteiger partial charge in [-0.25, -0.2) is 0 Å². The maximum Gasteiger partial charge on any atom is 0.240 e. The minimum absolute atomic E-state index is 0.00113. The van der Waals surface area contributed by atoms with Crippen LogP contribution in [0.5, 0.6) is 0 Å². The third kappa shape index (κ3) is 5.05. The van der Waals surface area contributed by atoms with Gasteiger partial charge in [-0.05, 0) is 6.42 Å². The van der Waals surface area contributed by atoms with E-state index in [-0.39, 0.29) is 37.0 Å². The van der Waals surface area contributed by atoms with E-state index >= 15 is 0 Å². The average Bonchev–Trinajstić information content (AvgIpc) is 2.76. The summed E-state index contributed by atoms with van der Waals surface area (Å²) in [6.45, 7) is 2.52. The maximum atomic E-state index is 11.9. The van der Waals surface area contributed by atoms with Gasteiger partial charge >= 0.3 is 0 Å². The third-order valence-corrected chi connectivity index (χ3v) is 3.52. The highest BCUT2D eigenvalue weighted by molar-refractivity contribution is 5.88. The van der Waals surface area contributed by atoms with Gasteiger partial charge in [-0.1, -0.05) is 6.92 Å². The van der Waals surface area contributed by atoms with Crippen LogP contribution >= 0.6 is 0 Å². The number of hydrogen-bond acceptors (Lipinski definition) is 4. The molecule has 21 heavy (non-hydrogen) atoms. The molecule has 0 aromatic rings. The SMILES string of the molecule is CC[C@@H](C(N)=O)N1CC(CNC(=O)CCC(N)=O)CC1=O. The summed E-state index contributed by atoms with van der Waals surface area (Å²) in [4.78, 5) is 46.7. The number of carbonyl (C=O) groups is 4. The number of nitrogens with one attached hydrogen (secondary N) is 1. The van der Waals surface area contributed by atoms with Gasteiger partial charge in [-0.15, -0.1) is 0 Å². The first-order valence-electron chi connectivity index (χ1n) is 6.98. The Morgan fingerprint density at radius 3 is 2.52 bits per heavy atom. The number of rotatable bonds is 8. The Labute approximate surface area is 123 Å². The van der Waals surface area contributed by atoms with Crippen molar-refractivity contribution in [3.05, 3.63) is 0 Å². The summed E-state index contributed by atoms with van der Waals surface area (Å²) in [5.74, 6) is -1.50. The van der Waals surface area contributed by atoms with Crippen LogP contribution < -0.4 is 16.8 Å². The lowest BCUT2D eigenvalue weighted by Crippen LogP contribution is -2.45. The van der Waals surface area contributed by atoms with Crippen molar-refractivity contribution >= 4 is 23.6 Å². The number of primary amides is 2. The van der Waals surface area contributed by atoms with E-state index in [1.807, 2.05) is 0 Å². The lowest BCUT2D eigenvalue weighted by molar-refractivity contribution is -0.136. The van der Waals surface area contributed by atoms with Crippen molar-refractivity contribution in [1.29, 1.82) is 0 Å². The summed E-state index contributed by atoms with van der Waals surface area (Å²) in [5.41, 5.74) is 10.2. The summed E-state index contributed by atoms with van der Waals surface area (Å²) in [6, 6.07) is -0.590. The van der Waals surface area contributed by atoms with E-state index in [4.69, 9.17) is 11.5 Å². The molecule has 5 N–H and O–H groups in total. The van der Waals surface area contributed by atoms with Crippen LogP contribution in [0.2, 0.25) is 0 Å². The zero-order valence-corrected chi connectivity index (χ0v) is 12.1. The van der Waals surface area contributed by atoms with Crippen LogP contribution in [-0.2, 0) is 19.2 Å². The zero-order valence-electron chi connectivity index (χ0n) is 12.1. The topological polar surface area (TPSA) is 136 Å². The average molecular weight is 298 g/mol. The first kappa shape index (κ1) is 16.9. The molecule has 0 aliphatic carbocycles. The van der Waals surface area contributed by atoms with Crippen molar-refractivity contribution in [1.82, 2.24) is 10.2 Å². The smallest absolute Gasteiger partial charge is 0.240 e. The molecule has 1 rings (SSSR count). The van der Waals surface area contributed by atoms with Crippen LogP contribution in [-0.4, -0.2) is 47.7 Å². The Kier molecular flexibility index (Phi) is 6.13. The number of nitrogens with two attached hydrogens (primary N) is 2. The molecule has 1 fully saturated rings. The molecule has 1 unspecified atom stereocenters. The number of amides is 4. The predicted molar refractivity (Wildman–Crippen MR) is 74.5 cm³/mol. The van der Waals surface area contributed by atoms with E-state index in [1.165, 1.54) is 4.90 Å². The predicted octanol–water partition coefficient (Wildman–Crippen LogP) is -1.52. The molecule has 8 nitrogen and oxygen atoms in total. The van der Waals surface area contributed by atoms with E-state index in [0.29, 0.717) is 19.5 Å². The highest BCUT2D eigenvalue weighted by Gasteiger charge is 2.35. The Balaban J connectivity index is 2.42. The molecule has 1 saturated heterocycles. The molecule has 0 spiro atoms. The fourth-order valence-electron chi connectivity index (χ4n) is 2.40. The number of likely N-dealkylation sites (tertiary alicyclic amines) is 1. The van der Waals surface area contributed by atoms with Crippen molar-refractivity contribution in [2.75, 3.05) is 13.1 Å². The minimum Gasteiger partial charge on any atom is -0.370 e. The summed E-state index contributed by atoms with van der Waals surface area (Å²) in [7, 11) is 0. The molecular formula is C13H22N4O4. The van der Waals surface area contributed by atoms with Crippen molar-refractivity contribution < 1.29 is 19.2 Å². The van der Waals surface area contributed by atoms with Crippen LogP contribution in [0, 0.1) is 5.92 Å². The van der Waals surface area contributed by atoms with E-state index in [2.05, 4.69) is 5.32 Å². The Morgan fingerprint density at radius 2 is 2.00 bits per heavy atom. The maximum absolute atomic E-state index is 11.9. The van der Waals surface area contributed by atoms with Gasteiger partial charge in [0.2, 0.25) is 23.6 Å². The van der Waals surface area contributed by atoms with Gasteiger partial charge in [-0.2, -0.15) is 0 Å². The van der Waals surface area contributed by atoms with E-state index in [0.717, 1.165) is 0 Å². The first-order valence-corrected chi connectivity index (χ1v) is 6.98. The van der Waals surface area contributed by atoms with Crippen LogP contribution in [0.4, 0.5) is 0 Å². The van der Waals surface area contributed by atoms with Gasteiger partial charge < -0.3 is 21.7 Å². The molecule has 8 heteroatoms. The van der Waals surface area contributed by atoms with Crippen molar-refractivity contribution in [3.8, 4) is 0 Å². The molecule has 0 aromatic heterocycles. The molecular weight excluding hydrogens is 276 g/mol. The molecule has 0 saturated carbocycles. The quantitative estimate of drug-likeness (QED) is 0.501. The molecule has 1 heterocycles. The normalized spacial score (nSPS) is 19.4. The standard InChI is InChI=1S/C13H22N4O4/c1-2-9(13(15)21)17-7-8(5-12(17)20)6-16-11(19)4-3-10(14)18/h8-9H,2-7H2,1H3,(H2,14,18)(H2,15,21)(H,16,19)/t8?,9-/m0/s1. The Hall–Kier alpha value is -2.12. The van der Waals surface area contributed by atoms with E-state index in [1.54, 1.807) is 6.92 Å². The molecule has 2 atom stereocenters. The van der Waals surface area contributed by atoms with Crippen molar-refractivity contribution in [2.24, 2.45) is 17.4 Å². The highest BCUT2D eigenvalue weighted by Crippen LogP contribution is 2.21. The fourth-order valence-corrected chi connectivity index (χ4v) is 2.40. The monoisotopic (exact) mass is 298 g/mol. The Bertz CT molecular complexity index is 438.